The Labute approximate surface area is 124 Å². The highest BCUT2D eigenvalue weighted by molar-refractivity contribution is 5.36. The third-order valence-corrected chi connectivity index (χ3v) is 2.79. The van der Waals surface area contributed by atoms with E-state index in [1.165, 1.54) is 0 Å². The van der Waals surface area contributed by atoms with E-state index in [1.807, 2.05) is 30.3 Å². The maximum absolute atomic E-state index is 8.81. The fourth-order valence-corrected chi connectivity index (χ4v) is 1.87. The molecule has 0 saturated carbocycles. The van der Waals surface area contributed by atoms with Gasteiger partial charge in [0.1, 0.15) is 24.7 Å². The summed E-state index contributed by atoms with van der Waals surface area (Å²) < 4.78 is 16.3. The molecule has 0 aliphatic carbocycles. The molecule has 0 saturated heterocycles. The van der Waals surface area contributed by atoms with Crippen molar-refractivity contribution in [3.8, 4) is 17.6 Å². The number of nitrogens with zero attached hydrogens (tertiary/aromatic N) is 1. The number of ether oxygens (including phenoxy) is 3. The Morgan fingerprint density at radius 3 is 2.29 bits per heavy atom. The number of hydrogen-bond acceptors (Lipinski definition) is 4. The average molecular weight is 283 g/mol. The molecule has 0 atom stereocenters. The number of nitriles is 1. The first kappa shape index (κ1) is 14.9. The highest BCUT2D eigenvalue weighted by Gasteiger charge is 1.99. The second-order valence-corrected chi connectivity index (χ2v) is 4.42. The zero-order chi connectivity index (χ0) is 14.9. The van der Waals surface area contributed by atoms with Crippen molar-refractivity contribution in [3.63, 3.8) is 0 Å². The van der Waals surface area contributed by atoms with Crippen LogP contribution in [0.3, 0.4) is 0 Å². The van der Waals surface area contributed by atoms with Crippen LogP contribution in [0.1, 0.15) is 11.1 Å². The van der Waals surface area contributed by atoms with Crippen LogP contribution in [0.5, 0.6) is 11.5 Å². The summed E-state index contributed by atoms with van der Waals surface area (Å²) in [6.07, 6.45) is 0. The van der Waals surface area contributed by atoms with Gasteiger partial charge in [-0.25, -0.2) is 0 Å². The first-order valence-corrected chi connectivity index (χ1v) is 6.65. The molecule has 2 rings (SSSR count). The summed E-state index contributed by atoms with van der Waals surface area (Å²) in [4.78, 5) is 0. The summed E-state index contributed by atoms with van der Waals surface area (Å²) in [5.41, 5.74) is 1.65. The van der Waals surface area contributed by atoms with Crippen LogP contribution in [0, 0.1) is 11.3 Å². The largest absolute Gasteiger partial charge is 0.490 e. The van der Waals surface area contributed by atoms with Crippen LogP contribution in [-0.4, -0.2) is 20.3 Å². The molecule has 4 heteroatoms. The van der Waals surface area contributed by atoms with E-state index in [0.29, 0.717) is 31.1 Å². The van der Waals surface area contributed by atoms with Gasteiger partial charge in [0, 0.05) is 7.11 Å². The topological polar surface area (TPSA) is 51.5 Å². The lowest BCUT2D eigenvalue weighted by molar-refractivity contribution is 0.184. The summed E-state index contributed by atoms with van der Waals surface area (Å²) in [5, 5.41) is 8.81. The van der Waals surface area contributed by atoms with E-state index in [0.717, 1.165) is 11.3 Å². The normalized spacial score (nSPS) is 9.90. The highest BCUT2D eigenvalue weighted by atomic mass is 16.5. The van der Waals surface area contributed by atoms with Crippen molar-refractivity contribution in [2.45, 2.75) is 6.61 Å². The minimum absolute atomic E-state index is 0.420. The zero-order valence-electron chi connectivity index (χ0n) is 11.9. The molecule has 0 amide bonds. The van der Waals surface area contributed by atoms with Gasteiger partial charge >= 0.3 is 0 Å². The zero-order valence-corrected chi connectivity index (χ0v) is 11.9. The molecule has 0 N–H and O–H groups in total. The minimum atomic E-state index is 0.420. The van der Waals surface area contributed by atoms with E-state index in [1.54, 1.807) is 25.3 Å². The fourth-order valence-electron chi connectivity index (χ4n) is 1.87. The molecule has 2 aromatic rings. The summed E-state index contributed by atoms with van der Waals surface area (Å²) in [6, 6.07) is 16.9. The lowest BCUT2D eigenvalue weighted by Crippen LogP contribution is -2.09. The van der Waals surface area contributed by atoms with Crippen LogP contribution < -0.4 is 9.47 Å². The molecule has 0 spiro atoms. The maximum Gasteiger partial charge on any atom is 0.122 e. The number of hydrogen-bond donors (Lipinski definition) is 0. The van der Waals surface area contributed by atoms with E-state index in [4.69, 9.17) is 19.5 Å². The number of rotatable bonds is 7. The third-order valence-electron chi connectivity index (χ3n) is 2.79. The summed E-state index contributed by atoms with van der Waals surface area (Å²) in [5.74, 6) is 1.46. The van der Waals surface area contributed by atoms with Crippen molar-refractivity contribution in [2.24, 2.45) is 0 Å². The molecule has 108 valence electrons. The number of benzene rings is 2. The molecule has 21 heavy (non-hydrogen) atoms. The van der Waals surface area contributed by atoms with Gasteiger partial charge in [-0.3, -0.25) is 0 Å². The lowest BCUT2D eigenvalue weighted by Gasteiger charge is -2.09. The maximum atomic E-state index is 8.81. The molecule has 0 aliphatic rings. The monoisotopic (exact) mass is 283 g/mol. The van der Waals surface area contributed by atoms with Gasteiger partial charge in [-0.15, -0.1) is 0 Å². The Bertz CT molecular complexity index is 619. The summed E-state index contributed by atoms with van der Waals surface area (Å²) in [6.45, 7) is 1.42. The fraction of sp³-hybridized carbons (Fsp3) is 0.235. The van der Waals surface area contributed by atoms with Crippen molar-refractivity contribution in [3.05, 3.63) is 59.7 Å². The second-order valence-electron chi connectivity index (χ2n) is 4.42. The third kappa shape index (κ3) is 4.83. The Balaban J connectivity index is 1.79. The van der Waals surface area contributed by atoms with E-state index >= 15 is 0 Å². The first-order valence-electron chi connectivity index (χ1n) is 6.65. The van der Waals surface area contributed by atoms with Crippen LogP contribution in [0.4, 0.5) is 0 Å². The molecule has 2 aromatic carbocycles. The Hall–Kier alpha value is -2.51. The molecule has 0 heterocycles. The van der Waals surface area contributed by atoms with Gasteiger partial charge in [-0.05, 0) is 35.9 Å². The molecule has 0 aliphatic heterocycles. The van der Waals surface area contributed by atoms with E-state index in [9.17, 15) is 0 Å². The van der Waals surface area contributed by atoms with Crippen LogP contribution >= 0.6 is 0 Å². The van der Waals surface area contributed by atoms with Crippen molar-refractivity contribution >= 4 is 0 Å². The molecule has 4 nitrogen and oxygen atoms in total. The quantitative estimate of drug-likeness (QED) is 0.732. The van der Waals surface area contributed by atoms with Gasteiger partial charge in [0.2, 0.25) is 0 Å². The highest BCUT2D eigenvalue weighted by Crippen LogP contribution is 2.15. The van der Waals surface area contributed by atoms with Crippen LogP contribution in [0.15, 0.2) is 48.5 Å². The van der Waals surface area contributed by atoms with Gasteiger partial charge in [0.25, 0.3) is 0 Å². The molecule has 0 aromatic heterocycles. The van der Waals surface area contributed by atoms with E-state index < -0.39 is 0 Å². The van der Waals surface area contributed by atoms with Crippen LogP contribution in [0.2, 0.25) is 0 Å². The smallest absolute Gasteiger partial charge is 0.122 e. The Morgan fingerprint density at radius 1 is 0.952 bits per heavy atom. The van der Waals surface area contributed by atoms with Crippen molar-refractivity contribution in [1.29, 1.82) is 5.26 Å². The molecular weight excluding hydrogens is 266 g/mol. The predicted octanol–water partition coefficient (Wildman–Crippen LogP) is 3.16. The van der Waals surface area contributed by atoms with Gasteiger partial charge in [0.15, 0.2) is 0 Å². The molecule has 0 radical (unpaired) electrons. The molecule has 0 bridgehead atoms. The van der Waals surface area contributed by atoms with Crippen molar-refractivity contribution in [1.82, 2.24) is 0 Å². The van der Waals surface area contributed by atoms with Crippen LogP contribution in [0.25, 0.3) is 0 Å². The lowest BCUT2D eigenvalue weighted by atomic mass is 10.2. The standard InChI is InChI=1S/C17H17NO3/c1-19-13-15-5-3-7-17(11-15)21-9-8-20-16-6-2-4-14(10-16)12-18/h2-7,10-11H,8-9,13H2,1H3. The molecule has 0 fully saturated rings. The van der Waals surface area contributed by atoms with E-state index in [2.05, 4.69) is 6.07 Å². The van der Waals surface area contributed by atoms with Gasteiger partial charge in [-0.1, -0.05) is 18.2 Å². The summed E-state index contributed by atoms with van der Waals surface area (Å²) in [7, 11) is 1.66. The van der Waals surface area contributed by atoms with Crippen molar-refractivity contribution < 1.29 is 14.2 Å². The first-order chi connectivity index (χ1) is 10.3. The summed E-state index contributed by atoms with van der Waals surface area (Å²) >= 11 is 0. The SMILES string of the molecule is COCc1cccc(OCCOc2cccc(C#N)c2)c1. The Morgan fingerprint density at radius 2 is 1.62 bits per heavy atom. The van der Waals surface area contributed by atoms with Gasteiger partial charge in [-0.2, -0.15) is 5.26 Å². The Kier molecular flexibility index (Phi) is 5.62. The van der Waals surface area contributed by atoms with E-state index in [-0.39, 0.29) is 0 Å². The minimum Gasteiger partial charge on any atom is -0.490 e. The van der Waals surface area contributed by atoms with Crippen molar-refractivity contribution in [2.75, 3.05) is 20.3 Å². The molecular formula is C17H17NO3. The number of methoxy groups -OCH3 is 1. The van der Waals surface area contributed by atoms with Gasteiger partial charge < -0.3 is 14.2 Å². The van der Waals surface area contributed by atoms with Crippen LogP contribution in [-0.2, 0) is 11.3 Å². The average Bonchev–Trinajstić information content (AvgIpc) is 2.52. The molecule has 0 unspecified atom stereocenters. The van der Waals surface area contributed by atoms with Gasteiger partial charge in [0.05, 0.1) is 18.2 Å². The second kappa shape index (κ2) is 7.93. The predicted molar refractivity (Wildman–Crippen MR) is 79.3 cm³/mol.